The lowest BCUT2D eigenvalue weighted by Crippen LogP contribution is -2.25. The third-order valence-corrected chi connectivity index (χ3v) is 4.62. The number of nitrogens with zero attached hydrogens (tertiary/aromatic N) is 2. The summed E-state index contributed by atoms with van der Waals surface area (Å²) in [6.07, 6.45) is -0.572. The number of halogens is 1. The van der Waals surface area contributed by atoms with Crippen molar-refractivity contribution in [1.29, 1.82) is 0 Å². The van der Waals surface area contributed by atoms with Crippen LogP contribution in [0.2, 0.25) is 0 Å². The van der Waals surface area contributed by atoms with Crippen LogP contribution in [0.5, 0.6) is 0 Å². The van der Waals surface area contributed by atoms with E-state index in [0.717, 1.165) is 26.4 Å². The lowest BCUT2D eigenvalue weighted by atomic mass is 10.0. The lowest BCUT2D eigenvalue weighted by Gasteiger charge is -2.20. The van der Waals surface area contributed by atoms with Gasteiger partial charge in [0.2, 0.25) is 18.0 Å². The van der Waals surface area contributed by atoms with Crippen molar-refractivity contribution in [1.82, 2.24) is 5.01 Å². The van der Waals surface area contributed by atoms with E-state index < -0.39 is 6.23 Å². The Morgan fingerprint density at radius 3 is 2.64 bits per heavy atom. The molecule has 5 heteroatoms. The molecule has 124 valence electrons. The largest absolute Gasteiger partial charge is 0.446 e. The van der Waals surface area contributed by atoms with Gasteiger partial charge in [0.25, 0.3) is 0 Å². The van der Waals surface area contributed by atoms with Crippen LogP contribution in [0.3, 0.4) is 0 Å². The minimum Gasteiger partial charge on any atom is -0.446 e. The van der Waals surface area contributed by atoms with Gasteiger partial charge in [-0.3, -0.25) is 4.79 Å². The summed E-state index contributed by atoms with van der Waals surface area (Å²) in [6.45, 7) is 1.49. The van der Waals surface area contributed by atoms with Crippen LogP contribution in [-0.4, -0.2) is 16.8 Å². The molecule has 0 unspecified atom stereocenters. The molecule has 1 amide bonds. The van der Waals surface area contributed by atoms with Crippen LogP contribution in [0, 0.1) is 0 Å². The van der Waals surface area contributed by atoms with E-state index in [9.17, 15) is 4.79 Å². The topological polar surface area (TPSA) is 41.9 Å². The summed E-state index contributed by atoms with van der Waals surface area (Å²) in [5.41, 5.74) is 1.74. The van der Waals surface area contributed by atoms with Crippen molar-refractivity contribution >= 4 is 38.5 Å². The summed E-state index contributed by atoms with van der Waals surface area (Å²) in [6, 6.07) is 21.7. The molecule has 0 aliphatic carbocycles. The van der Waals surface area contributed by atoms with Crippen molar-refractivity contribution < 1.29 is 9.53 Å². The number of rotatable bonds is 2. The van der Waals surface area contributed by atoms with E-state index >= 15 is 0 Å². The monoisotopic (exact) mass is 394 g/mol. The normalized spacial score (nSPS) is 16.6. The van der Waals surface area contributed by atoms with Crippen molar-refractivity contribution in [3.05, 3.63) is 82.3 Å². The van der Waals surface area contributed by atoms with E-state index in [0.29, 0.717) is 5.90 Å². The molecule has 4 nitrogen and oxygen atoms in total. The minimum absolute atomic E-state index is 0.164. The SMILES string of the molecule is CC(=O)N1N=C(c2cccc(Br)c2)O[C@H]1c1cccc2ccccc12. The van der Waals surface area contributed by atoms with E-state index in [2.05, 4.69) is 21.0 Å². The zero-order chi connectivity index (χ0) is 17.4. The fraction of sp³-hybridized carbons (Fsp3) is 0.100. The van der Waals surface area contributed by atoms with Gasteiger partial charge in [-0.05, 0) is 29.0 Å². The number of fused-ring (bicyclic) bond motifs is 1. The van der Waals surface area contributed by atoms with Crippen LogP contribution >= 0.6 is 15.9 Å². The van der Waals surface area contributed by atoms with Crippen molar-refractivity contribution in [2.24, 2.45) is 5.10 Å². The summed E-state index contributed by atoms with van der Waals surface area (Å²) < 4.78 is 7.03. The highest BCUT2D eigenvalue weighted by atomic mass is 79.9. The standard InChI is InChI=1S/C20H15BrN2O2/c1-13(24)23-20(18-11-5-7-14-6-2-3-10-17(14)18)25-19(22-23)15-8-4-9-16(21)12-15/h2-12,20H,1H3/t20-/m0/s1. The number of amides is 1. The minimum atomic E-state index is -0.572. The van der Waals surface area contributed by atoms with Crippen LogP contribution < -0.4 is 0 Å². The first-order chi connectivity index (χ1) is 12.1. The molecule has 0 aromatic heterocycles. The first kappa shape index (κ1) is 15.8. The average molecular weight is 395 g/mol. The third-order valence-electron chi connectivity index (χ3n) is 4.13. The zero-order valence-corrected chi connectivity index (χ0v) is 15.1. The van der Waals surface area contributed by atoms with Gasteiger partial charge in [-0.25, -0.2) is 0 Å². The lowest BCUT2D eigenvalue weighted by molar-refractivity contribution is -0.135. The molecular weight excluding hydrogens is 380 g/mol. The van der Waals surface area contributed by atoms with Crippen LogP contribution in [-0.2, 0) is 9.53 Å². The van der Waals surface area contributed by atoms with E-state index in [-0.39, 0.29) is 5.91 Å². The second kappa shape index (κ2) is 6.33. The fourth-order valence-electron chi connectivity index (χ4n) is 2.97. The second-order valence-electron chi connectivity index (χ2n) is 5.82. The molecule has 1 heterocycles. The molecule has 3 aromatic carbocycles. The van der Waals surface area contributed by atoms with E-state index in [1.54, 1.807) is 0 Å². The van der Waals surface area contributed by atoms with Gasteiger partial charge in [0.15, 0.2) is 0 Å². The quantitative estimate of drug-likeness (QED) is 0.623. The number of hydrogen-bond acceptors (Lipinski definition) is 3. The number of hydrogen-bond donors (Lipinski definition) is 0. The van der Waals surface area contributed by atoms with E-state index in [1.165, 1.54) is 11.9 Å². The Labute approximate surface area is 153 Å². The highest BCUT2D eigenvalue weighted by Gasteiger charge is 2.34. The number of benzene rings is 3. The average Bonchev–Trinajstić information content (AvgIpc) is 3.07. The predicted molar refractivity (Wildman–Crippen MR) is 101 cm³/mol. The molecule has 0 radical (unpaired) electrons. The molecule has 1 aliphatic heterocycles. The zero-order valence-electron chi connectivity index (χ0n) is 13.5. The molecule has 25 heavy (non-hydrogen) atoms. The van der Waals surface area contributed by atoms with E-state index in [4.69, 9.17) is 4.74 Å². The Kier molecular flexibility index (Phi) is 4.01. The smallest absolute Gasteiger partial charge is 0.243 e. The molecule has 0 saturated heterocycles. The van der Waals surface area contributed by atoms with Crippen LogP contribution in [0.1, 0.15) is 24.3 Å². The first-order valence-corrected chi connectivity index (χ1v) is 8.71. The highest BCUT2D eigenvalue weighted by molar-refractivity contribution is 9.10. The second-order valence-corrected chi connectivity index (χ2v) is 6.73. The number of hydrazone groups is 1. The number of ether oxygens (including phenoxy) is 1. The molecule has 1 atom stereocenters. The summed E-state index contributed by atoms with van der Waals surface area (Å²) in [5.74, 6) is 0.275. The van der Waals surface area contributed by atoms with Gasteiger partial charge in [-0.2, -0.15) is 5.01 Å². The van der Waals surface area contributed by atoms with Gasteiger partial charge in [-0.1, -0.05) is 64.5 Å². The molecule has 0 N–H and O–H groups in total. The van der Waals surface area contributed by atoms with Crippen molar-refractivity contribution in [3.63, 3.8) is 0 Å². The molecule has 3 aromatic rings. The van der Waals surface area contributed by atoms with Gasteiger partial charge in [0.05, 0.1) is 0 Å². The maximum atomic E-state index is 12.1. The van der Waals surface area contributed by atoms with Crippen molar-refractivity contribution in [2.45, 2.75) is 13.2 Å². The highest BCUT2D eigenvalue weighted by Crippen LogP contribution is 2.34. The number of carbonyl (C=O) groups is 1. The molecule has 4 rings (SSSR count). The molecular formula is C20H15BrN2O2. The molecule has 1 aliphatic rings. The first-order valence-electron chi connectivity index (χ1n) is 7.92. The molecule has 0 spiro atoms. The molecule has 0 bridgehead atoms. The van der Waals surface area contributed by atoms with Gasteiger partial charge >= 0.3 is 0 Å². The van der Waals surface area contributed by atoms with Crippen LogP contribution in [0.4, 0.5) is 0 Å². The maximum absolute atomic E-state index is 12.1. The predicted octanol–water partition coefficient (Wildman–Crippen LogP) is 4.84. The Hall–Kier alpha value is -2.66. The van der Waals surface area contributed by atoms with Gasteiger partial charge in [-0.15, -0.1) is 5.10 Å². The summed E-state index contributed by atoms with van der Waals surface area (Å²) in [5, 5.41) is 7.97. The van der Waals surface area contributed by atoms with Gasteiger partial charge in [0.1, 0.15) is 0 Å². The third kappa shape index (κ3) is 2.91. The fourth-order valence-corrected chi connectivity index (χ4v) is 3.37. The Morgan fingerprint density at radius 1 is 1.08 bits per heavy atom. The summed E-state index contributed by atoms with van der Waals surface area (Å²) in [4.78, 5) is 12.1. The summed E-state index contributed by atoms with van der Waals surface area (Å²) >= 11 is 3.45. The Bertz CT molecular complexity index is 994. The Balaban J connectivity index is 1.79. The summed E-state index contributed by atoms with van der Waals surface area (Å²) in [7, 11) is 0. The van der Waals surface area contributed by atoms with Crippen molar-refractivity contribution in [2.75, 3.05) is 0 Å². The molecule has 0 fully saturated rings. The van der Waals surface area contributed by atoms with Crippen molar-refractivity contribution in [3.8, 4) is 0 Å². The van der Waals surface area contributed by atoms with Crippen LogP contribution in [0.15, 0.2) is 76.3 Å². The number of carbonyl (C=O) groups excluding carboxylic acids is 1. The Morgan fingerprint density at radius 2 is 1.84 bits per heavy atom. The van der Waals surface area contributed by atoms with Gasteiger partial charge in [0, 0.05) is 22.5 Å². The van der Waals surface area contributed by atoms with Crippen LogP contribution in [0.25, 0.3) is 10.8 Å². The molecule has 0 saturated carbocycles. The van der Waals surface area contributed by atoms with Gasteiger partial charge < -0.3 is 4.74 Å². The maximum Gasteiger partial charge on any atom is 0.243 e. The van der Waals surface area contributed by atoms with E-state index in [1.807, 2.05) is 66.7 Å².